The molecule has 0 aliphatic carbocycles. The molecule has 0 bridgehead atoms. The van der Waals surface area contributed by atoms with E-state index < -0.39 is 37.4 Å². The average Bonchev–Trinajstić information content (AvgIpc) is 3.19. The molecule has 0 saturated heterocycles. The largest absolute Gasteiger partial charge is 0.462 e. The van der Waals surface area contributed by atoms with Crippen LogP contribution in [0.1, 0.15) is 39.0 Å². The highest BCUT2D eigenvalue weighted by molar-refractivity contribution is 7.93. The minimum absolute atomic E-state index is 0.0775. The maximum absolute atomic E-state index is 13.8. The summed E-state index contributed by atoms with van der Waals surface area (Å²) in [5.41, 5.74) is 0.798. The van der Waals surface area contributed by atoms with Crippen LogP contribution in [0.25, 0.3) is 11.0 Å². The van der Waals surface area contributed by atoms with Gasteiger partial charge in [-0.1, -0.05) is 23.8 Å². The molecule has 0 spiro atoms. The molecule has 37 heavy (non-hydrogen) atoms. The summed E-state index contributed by atoms with van der Waals surface area (Å²) in [5.74, 6) is -1.28. The molecule has 0 aliphatic rings. The van der Waals surface area contributed by atoms with Crippen molar-refractivity contribution in [1.29, 1.82) is 0 Å². The number of benzene rings is 3. The van der Waals surface area contributed by atoms with E-state index in [2.05, 4.69) is 0 Å². The van der Waals surface area contributed by atoms with Gasteiger partial charge in [-0.25, -0.2) is 13.2 Å². The van der Waals surface area contributed by atoms with Crippen molar-refractivity contribution in [3.63, 3.8) is 0 Å². The first kappa shape index (κ1) is 25.6. The van der Waals surface area contributed by atoms with E-state index >= 15 is 0 Å². The number of furan rings is 1. The molecule has 0 unspecified atom stereocenters. The zero-order chi connectivity index (χ0) is 26.9. The van der Waals surface area contributed by atoms with E-state index in [1.54, 1.807) is 26.0 Å². The summed E-state index contributed by atoms with van der Waals surface area (Å²) in [6, 6.07) is 14.9. The first-order valence-corrected chi connectivity index (χ1v) is 12.6. The Kier molecular flexibility index (Phi) is 6.82. The number of rotatable bonds is 7. The van der Waals surface area contributed by atoms with Crippen LogP contribution in [0.2, 0.25) is 0 Å². The third-order valence-corrected chi connectivity index (χ3v) is 7.32. The second kappa shape index (κ2) is 9.86. The molecular formula is C26H22N2O8S. The molecule has 0 fully saturated rings. The van der Waals surface area contributed by atoms with Crippen LogP contribution in [0.5, 0.6) is 0 Å². The van der Waals surface area contributed by atoms with Gasteiger partial charge >= 0.3 is 5.97 Å². The Morgan fingerprint density at radius 2 is 1.73 bits per heavy atom. The summed E-state index contributed by atoms with van der Waals surface area (Å²) < 4.78 is 39.0. The molecule has 1 aromatic heterocycles. The van der Waals surface area contributed by atoms with Crippen molar-refractivity contribution >= 4 is 44.2 Å². The van der Waals surface area contributed by atoms with Gasteiger partial charge in [0.25, 0.3) is 21.6 Å². The predicted molar refractivity (Wildman–Crippen MR) is 135 cm³/mol. The smallest absolute Gasteiger partial charge is 0.342 e. The van der Waals surface area contributed by atoms with Crippen LogP contribution in [0.4, 0.5) is 11.4 Å². The Hall–Kier alpha value is -4.51. The number of non-ortho nitro benzene ring substituents is 1. The fraction of sp³-hybridized carbons (Fsp3) is 0.154. The van der Waals surface area contributed by atoms with Crippen molar-refractivity contribution in [2.75, 3.05) is 10.9 Å². The minimum Gasteiger partial charge on any atom is -0.462 e. The zero-order valence-corrected chi connectivity index (χ0v) is 20.9. The van der Waals surface area contributed by atoms with Crippen molar-refractivity contribution in [2.24, 2.45) is 0 Å². The van der Waals surface area contributed by atoms with E-state index in [-0.39, 0.29) is 34.6 Å². The number of hydrogen-bond acceptors (Lipinski definition) is 8. The number of anilines is 1. The molecule has 0 saturated carbocycles. The summed E-state index contributed by atoms with van der Waals surface area (Å²) in [6.07, 6.45) is 0. The predicted octanol–water partition coefficient (Wildman–Crippen LogP) is 5.17. The number of nitro groups is 1. The quantitative estimate of drug-likeness (QED) is 0.184. The molecule has 1 amide bonds. The first-order valence-electron chi connectivity index (χ1n) is 11.2. The van der Waals surface area contributed by atoms with E-state index in [0.29, 0.717) is 9.89 Å². The van der Waals surface area contributed by atoms with Gasteiger partial charge in [0.05, 0.1) is 22.1 Å². The van der Waals surface area contributed by atoms with E-state index in [0.717, 1.165) is 17.7 Å². The Bertz CT molecular complexity index is 1640. The number of nitro benzene ring substituents is 1. The van der Waals surface area contributed by atoms with Crippen LogP contribution in [-0.2, 0) is 14.8 Å². The zero-order valence-electron chi connectivity index (χ0n) is 20.1. The standard InChI is InChI=1S/C26H22N2O8S/c1-4-35-26(30)24-17(3)36-23-13-12-19(15-22(23)24)27(25(29)18-10-8-16(2)9-11-18)37(33,34)21-7-5-6-20(14-21)28(31)32/h5-15H,4H2,1-3H3. The monoisotopic (exact) mass is 522 g/mol. The number of ether oxygens (including phenoxy) is 1. The van der Waals surface area contributed by atoms with E-state index in [9.17, 15) is 28.1 Å². The van der Waals surface area contributed by atoms with Crippen LogP contribution in [0.15, 0.2) is 76.0 Å². The number of aryl methyl sites for hydroxylation is 2. The van der Waals surface area contributed by atoms with E-state index in [1.165, 1.54) is 42.5 Å². The molecule has 1 heterocycles. The normalized spacial score (nSPS) is 11.3. The molecule has 4 aromatic rings. The summed E-state index contributed by atoms with van der Waals surface area (Å²) in [4.78, 5) is 36.4. The van der Waals surface area contributed by atoms with Crippen LogP contribution < -0.4 is 4.31 Å². The number of nitrogens with zero attached hydrogens (tertiary/aromatic N) is 2. The van der Waals surface area contributed by atoms with Gasteiger partial charge in [-0.3, -0.25) is 14.9 Å². The Labute approximate surface area is 212 Å². The number of fused-ring (bicyclic) bond motifs is 1. The number of carbonyl (C=O) groups excluding carboxylic acids is 2. The highest BCUT2D eigenvalue weighted by Crippen LogP contribution is 2.34. The summed E-state index contributed by atoms with van der Waals surface area (Å²) in [6.45, 7) is 5.15. The fourth-order valence-corrected chi connectivity index (χ4v) is 5.28. The first-order chi connectivity index (χ1) is 17.5. The Balaban J connectivity index is 1.95. The maximum Gasteiger partial charge on any atom is 0.342 e. The van der Waals surface area contributed by atoms with Gasteiger partial charge in [0.1, 0.15) is 16.9 Å². The van der Waals surface area contributed by atoms with Crippen molar-refractivity contribution in [3.8, 4) is 0 Å². The molecule has 0 aliphatic heterocycles. The molecule has 11 heteroatoms. The molecule has 0 radical (unpaired) electrons. The third-order valence-electron chi connectivity index (χ3n) is 5.61. The summed E-state index contributed by atoms with van der Waals surface area (Å²) in [5, 5.41) is 11.5. The SMILES string of the molecule is CCOC(=O)c1c(C)oc2ccc(N(C(=O)c3ccc(C)cc3)S(=O)(=O)c3cccc([N+](=O)[O-])c3)cc12. The number of esters is 1. The van der Waals surface area contributed by atoms with Crippen LogP contribution in [0.3, 0.4) is 0 Å². The van der Waals surface area contributed by atoms with Crippen LogP contribution >= 0.6 is 0 Å². The Morgan fingerprint density at radius 1 is 1.03 bits per heavy atom. The summed E-state index contributed by atoms with van der Waals surface area (Å²) in [7, 11) is -4.64. The van der Waals surface area contributed by atoms with Crippen LogP contribution in [-0.4, -0.2) is 31.8 Å². The van der Waals surface area contributed by atoms with Crippen molar-refractivity contribution in [3.05, 3.63) is 99.3 Å². The van der Waals surface area contributed by atoms with Crippen molar-refractivity contribution in [2.45, 2.75) is 25.7 Å². The lowest BCUT2D eigenvalue weighted by atomic mass is 10.1. The number of sulfonamides is 1. The summed E-state index contributed by atoms with van der Waals surface area (Å²) >= 11 is 0. The lowest BCUT2D eigenvalue weighted by Gasteiger charge is -2.23. The van der Waals surface area contributed by atoms with Gasteiger partial charge < -0.3 is 9.15 Å². The van der Waals surface area contributed by atoms with Gasteiger partial charge in [0.2, 0.25) is 0 Å². The highest BCUT2D eigenvalue weighted by atomic mass is 32.2. The van der Waals surface area contributed by atoms with E-state index in [1.807, 2.05) is 6.92 Å². The third kappa shape index (κ3) is 4.81. The van der Waals surface area contributed by atoms with Gasteiger partial charge in [-0.05, 0) is 57.2 Å². The molecule has 190 valence electrons. The number of carbonyl (C=O) groups is 2. The molecule has 0 atom stereocenters. The molecule has 3 aromatic carbocycles. The van der Waals surface area contributed by atoms with Crippen LogP contribution in [0, 0.1) is 24.0 Å². The lowest BCUT2D eigenvalue weighted by molar-refractivity contribution is -0.385. The van der Waals surface area contributed by atoms with Gasteiger partial charge in [-0.2, -0.15) is 4.31 Å². The van der Waals surface area contributed by atoms with E-state index in [4.69, 9.17) is 9.15 Å². The fourth-order valence-electron chi connectivity index (χ4n) is 3.83. The topological polar surface area (TPSA) is 137 Å². The number of hydrogen-bond donors (Lipinski definition) is 0. The Morgan fingerprint density at radius 3 is 2.38 bits per heavy atom. The highest BCUT2D eigenvalue weighted by Gasteiger charge is 2.34. The minimum atomic E-state index is -4.64. The molecule has 10 nitrogen and oxygen atoms in total. The van der Waals surface area contributed by atoms with Crippen molar-refractivity contribution in [1.82, 2.24) is 0 Å². The maximum atomic E-state index is 13.8. The van der Waals surface area contributed by atoms with Gasteiger partial charge in [0.15, 0.2) is 0 Å². The van der Waals surface area contributed by atoms with Crippen molar-refractivity contribution < 1.29 is 32.1 Å². The average molecular weight is 523 g/mol. The lowest BCUT2D eigenvalue weighted by Crippen LogP contribution is -2.37. The molecule has 0 N–H and O–H groups in total. The molecular weight excluding hydrogens is 500 g/mol. The molecule has 4 rings (SSSR count). The van der Waals surface area contributed by atoms with Gasteiger partial charge in [-0.15, -0.1) is 0 Å². The van der Waals surface area contributed by atoms with Gasteiger partial charge in [0, 0.05) is 23.1 Å². The number of amides is 1. The second-order valence-corrected chi connectivity index (χ2v) is 9.92. The second-order valence-electron chi connectivity index (χ2n) is 8.13.